The third-order valence-corrected chi connectivity index (χ3v) is 10.5. The minimum absolute atomic E-state index is 0. The fraction of sp³-hybridized carbons (Fsp3) is 0.684. The molecule has 1 aliphatic heterocycles. The van der Waals surface area contributed by atoms with E-state index < -0.39 is 0 Å². The van der Waals surface area contributed by atoms with E-state index in [1.54, 1.807) is 0 Å². The minimum atomic E-state index is 0. The molecule has 0 unspecified atom stereocenters. The van der Waals surface area contributed by atoms with Gasteiger partial charge in [-0.05, 0) is 64.2 Å². The quantitative estimate of drug-likeness (QED) is 0.101. The molecule has 1 heterocycles. The van der Waals surface area contributed by atoms with E-state index in [2.05, 4.69) is 137 Å². The second-order valence-corrected chi connectivity index (χ2v) is 17.2. The third kappa shape index (κ3) is 17.3. The van der Waals surface area contributed by atoms with E-state index in [4.69, 9.17) is 36.3 Å². The van der Waals surface area contributed by atoms with Gasteiger partial charge in [0.15, 0.2) is 0 Å². The van der Waals surface area contributed by atoms with Gasteiger partial charge in [0.2, 0.25) is 0 Å². The summed E-state index contributed by atoms with van der Waals surface area (Å²) >= 11 is 12.3. The Bertz CT molecular complexity index is 1200. The van der Waals surface area contributed by atoms with Crippen LogP contribution in [0.25, 0.3) is 16.0 Å². The predicted molar refractivity (Wildman–Crippen MR) is 212 cm³/mol. The molecule has 0 aliphatic carbocycles. The van der Waals surface area contributed by atoms with E-state index in [0.29, 0.717) is 0 Å². The van der Waals surface area contributed by atoms with Crippen molar-refractivity contribution < 1.29 is 33.0 Å². The van der Waals surface area contributed by atoms with Crippen LogP contribution in [0.4, 0.5) is 0 Å². The van der Waals surface area contributed by atoms with Crippen LogP contribution in [-0.2, 0) is 95.2 Å². The predicted octanol–water partition coefficient (Wildman–Crippen LogP) is 6.26. The molecule has 0 amide bonds. The Morgan fingerprint density at radius 2 is 0.627 bits per heavy atom. The Labute approximate surface area is 342 Å². The first-order valence-corrected chi connectivity index (χ1v) is 18.3. The summed E-state index contributed by atoms with van der Waals surface area (Å²) in [5.74, 6) is 0. The van der Waals surface area contributed by atoms with Crippen molar-refractivity contribution in [3.63, 3.8) is 0 Å². The fourth-order valence-electron chi connectivity index (χ4n) is 5.91. The summed E-state index contributed by atoms with van der Waals surface area (Å²) in [6, 6.07) is 9.46. The van der Waals surface area contributed by atoms with Gasteiger partial charge >= 0.3 is 0 Å². The molecule has 296 valence electrons. The van der Waals surface area contributed by atoms with Crippen LogP contribution in [0.5, 0.6) is 0 Å². The number of fused-ring (bicyclic) bond motifs is 4. The van der Waals surface area contributed by atoms with Gasteiger partial charge in [-0.1, -0.05) is 88.1 Å². The molecule has 9 nitrogen and oxygen atoms in total. The molecule has 1 aliphatic rings. The van der Waals surface area contributed by atoms with E-state index in [1.165, 1.54) is 38.3 Å². The summed E-state index contributed by atoms with van der Waals surface area (Å²) in [4.78, 5) is 18.2. The second kappa shape index (κ2) is 23.0. The van der Waals surface area contributed by atoms with Crippen molar-refractivity contribution in [1.29, 1.82) is 0 Å². The Balaban J connectivity index is 0.00000482. The van der Waals surface area contributed by atoms with Gasteiger partial charge in [-0.15, -0.1) is 0 Å². The number of hydrogen-bond donors (Lipinski definition) is 0. The molecule has 2 aromatic rings. The molecule has 4 bridgehead atoms. The van der Waals surface area contributed by atoms with E-state index in [9.17, 15) is 0 Å². The van der Waals surface area contributed by atoms with Crippen molar-refractivity contribution in [2.24, 2.45) is 0 Å². The van der Waals surface area contributed by atoms with Crippen LogP contribution in [0.2, 0.25) is 0 Å². The maximum absolute atomic E-state index is 6.75. The molecular weight excluding hydrogens is 764 g/mol. The number of hydrogen-bond acceptors (Lipinski definition) is 8. The van der Waals surface area contributed by atoms with Gasteiger partial charge in [-0.25, -0.2) is 0 Å². The van der Waals surface area contributed by atoms with Crippen molar-refractivity contribution in [2.75, 3.05) is 94.6 Å². The van der Waals surface area contributed by atoms with Crippen LogP contribution in [0, 0.1) is 0 Å². The van der Waals surface area contributed by atoms with Crippen LogP contribution in [-0.4, -0.2) is 124 Å². The van der Waals surface area contributed by atoms with Gasteiger partial charge in [0.1, 0.15) is 0 Å². The zero-order chi connectivity index (χ0) is 37.1. The van der Waals surface area contributed by atoms with Crippen molar-refractivity contribution in [1.82, 2.24) is 29.4 Å². The largest absolute Gasteiger partial charge is 0.779 e. The van der Waals surface area contributed by atoms with Crippen LogP contribution in [0.1, 0.15) is 74.9 Å². The molecule has 0 N–H and O–H groups in total. The molecule has 0 radical (unpaired) electrons. The summed E-state index contributed by atoms with van der Waals surface area (Å²) < 4.78 is 0. The van der Waals surface area contributed by atoms with Crippen LogP contribution < -0.4 is 0 Å². The van der Waals surface area contributed by atoms with Crippen molar-refractivity contribution in [3.8, 4) is 0 Å². The zero-order valence-electron chi connectivity index (χ0n) is 33.3. The third-order valence-electron chi connectivity index (χ3n) is 9.43. The molecule has 51 heavy (non-hydrogen) atoms. The smallest absolute Gasteiger partial charge is 0.0216 e. The van der Waals surface area contributed by atoms with Crippen LogP contribution in [0.15, 0.2) is 34.1 Å². The van der Waals surface area contributed by atoms with Crippen molar-refractivity contribution in [3.05, 3.63) is 73.6 Å². The molecule has 0 fully saturated rings. The molecule has 3 rings (SSSR count). The van der Waals surface area contributed by atoms with Crippen molar-refractivity contribution >= 4 is 25.3 Å². The normalized spacial score (nSPS) is 18.3. The van der Waals surface area contributed by atoms with Gasteiger partial charge in [-0.2, -0.15) is 9.79 Å². The molecule has 0 atom stereocenters. The van der Waals surface area contributed by atoms with Gasteiger partial charge in [0.25, 0.3) is 0 Å². The molecule has 0 aromatic heterocycles. The Hall–Kier alpha value is -1.06. The Morgan fingerprint density at radius 1 is 0.451 bits per heavy atom. The summed E-state index contributed by atoms with van der Waals surface area (Å²) in [5, 5.41) is 0. The topological polar surface area (TPSA) is 78.1 Å². The number of rotatable bonds is 0. The standard InChI is InChI=1S/C38H66N6S2.N3.2Ni/c1-37(2,3)33-21-29-25-41(9)17-13-39(7)15-19-43(11)27-31-23-34(38(4,5)6)24-32(36(31)46)28-44(12)20-16-40(8)14-18-42(10)26-30(22-33)35(29)45;1-3-2;;/h21-24,45-46H,13-20,25-28H2,1-12H3;;;/q;-1;;/p-2. The molecular formula is C38H64N9Ni2S2-3. The van der Waals surface area contributed by atoms with Gasteiger partial charge in [0, 0.05) is 112 Å². The van der Waals surface area contributed by atoms with E-state index >= 15 is 0 Å². The molecule has 2 aromatic carbocycles. The average Bonchev–Trinajstić information content (AvgIpc) is 2.99. The average molecular weight is 829 g/mol. The van der Waals surface area contributed by atoms with E-state index in [0.717, 1.165) is 88.3 Å². The molecule has 0 saturated heterocycles. The number of likely N-dealkylation sites (N-methyl/N-ethyl adjacent to an activating group) is 6. The maximum Gasteiger partial charge on any atom is 0.0216 e. The molecule has 13 heteroatoms. The van der Waals surface area contributed by atoms with Crippen molar-refractivity contribution in [2.45, 2.75) is 88.3 Å². The Kier molecular flexibility index (Phi) is 22.5. The van der Waals surface area contributed by atoms with Gasteiger partial charge in [0.05, 0.1) is 0 Å². The molecule has 0 spiro atoms. The summed E-state index contributed by atoms with van der Waals surface area (Å²) in [6.45, 7) is 25.4. The van der Waals surface area contributed by atoms with E-state index in [1.807, 2.05) is 0 Å². The maximum atomic E-state index is 6.75. The molecule has 0 saturated carbocycles. The summed E-state index contributed by atoms with van der Waals surface area (Å²) in [6.07, 6.45) is 0. The van der Waals surface area contributed by atoms with E-state index in [-0.39, 0.29) is 43.8 Å². The summed E-state index contributed by atoms with van der Waals surface area (Å²) in [5.41, 5.74) is 21.5. The fourth-order valence-corrected chi connectivity index (χ4v) is 6.41. The van der Waals surface area contributed by atoms with Gasteiger partial charge in [-0.3, -0.25) is 4.91 Å². The SMILES string of the molecule is CN1CCN(C)Cc2cc(C(C)(C)C)cc(c2[S-])CN(C)CCN(C)CCN(C)Cc2cc(C(C)(C)C)cc(c2[S-])CN(C)CC1.[N-]=[N+]=[N-].[Ni].[Ni]. The first kappa shape index (κ1) is 49.9. The monoisotopic (exact) mass is 826 g/mol. The number of nitrogens with zero attached hydrogens (tertiary/aromatic N) is 9. The second-order valence-electron chi connectivity index (χ2n) is 16.4. The number of benzene rings is 2. The minimum Gasteiger partial charge on any atom is -0.779 e. The first-order chi connectivity index (χ1) is 22.7. The van der Waals surface area contributed by atoms with Gasteiger partial charge < -0.3 is 65.7 Å². The first-order valence-electron chi connectivity index (χ1n) is 17.5. The summed E-state index contributed by atoms with van der Waals surface area (Å²) in [7, 11) is 13.4. The Morgan fingerprint density at radius 3 is 0.804 bits per heavy atom. The van der Waals surface area contributed by atoms with Crippen LogP contribution in [0.3, 0.4) is 0 Å². The zero-order valence-corrected chi connectivity index (χ0v) is 36.9. The van der Waals surface area contributed by atoms with Crippen LogP contribution >= 0.6 is 0 Å².